The first-order valence-electron chi connectivity index (χ1n) is 9.01. The highest BCUT2D eigenvalue weighted by Gasteiger charge is 2.34. The maximum absolute atomic E-state index is 12.9. The summed E-state index contributed by atoms with van der Waals surface area (Å²) in [5.41, 5.74) is 3.21. The maximum atomic E-state index is 12.9. The van der Waals surface area contributed by atoms with E-state index in [2.05, 4.69) is 16.2 Å². The lowest BCUT2D eigenvalue weighted by atomic mass is 9.95. The molecular formula is C20H19N5O3S. The molecule has 1 N–H and O–H groups in total. The summed E-state index contributed by atoms with van der Waals surface area (Å²) in [6, 6.07) is 12.5. The number of aromatic nitrogens is 3. The van der Waals surface area contributed by atoms with Crippen molar-refractivity contribution in [3.63, 3.8) is 0 Å². The van der Waals surface area contributed by atoms with E-state index >= 15 is 0 Å². The van der Waals surface area contributed by atoms with E-state index in [-0.39, 0.29) is 11.5 Å². The maximum Gasteiger partial charge on any atom is 0.280 e. The Morgan fingerprint density at radius 2 is 1.86 bits per heavy atom. The van der Waals surface area contributed by atoms with E-state index in [1.54, 1.807) is 36.5 Å². The van der Waals surface area contributed by atoms with Crippen LogP contribution >= 0.6 is 0 Å². The summed E-state index contributed by atoms with van der Waals surface area (Å²) in [4.78, 5) is 17.3. The van der Waals surface area contributed by atoms with Gasteiger partial charge in [0.25, 0.3) is 5.56 Å². The zero-order valence-electron chi connectivity index (χ0n) is 16.0. The zero-order chi connectivity index (χ0) is 20.8. The van der Waals surface area contributed by atoms with Crippen LogP contribution in [0.25, 0.3) is 16.9 Å². The molecule has 1 fully saturated rings. The van der Waals surface area contributed by atoms with Gasteiger partial charge >= 0.3 is 0 Å². The number of aryl methyl sites for hydroxylation is 1. The van der Waals surface area contributed by atoms with E-state index in [1.807, 2.05) is 13.0 Å². The molecule has 0 aliphatic carbocycles. The van der Waals surface area contributed by atoms with Crippen molar-refractivity contribution in [1.29, 1.82) is 5.26 Å². The predicted octanol–water partition coefficient (Wildman–Crippen LogP) is 1.77. The Bertz CT molecular complexity index is 1260. The van der Waals surface area contributed by atoms with Crippen LogP contribution in [0.4, 0.5) is 0 Å². The SMILES string of the molecule is Cc1[nH]n(-c2ccc(C3CN(S(C)(=O)=O)C3)cn2)c(=O)c1-c1ccc(C#N)cc1. The van der Waals surface area contributed by atoms with Gasteiger partial charge in [0.15, 0.2) is 5.82 Å². The summed E-state index contributed by atoms with van der Waals surface area (Å²) in [6.45, 7) is 2.71. The average molecular weight is 409 g/mol. The van der Waals surface area contributed by atoms with Crippen molar-refractivity contribution in [3.05, 3.63) is 69.8 Å². The van der Waals surface area contributed by atoms with Crippen molar-refractivity contribution in [2.75, 3.05) is 19.3 Å². The molecule has 148 valence electrons. The third-order valence-corrected chi connectivity index (χ3v) is 6.40. The molecule has 0 radical (unpaired) electrons. The van der Waals surface area contributed by atoms with Crippen LogP contribution in [0, 0.1) is 18.3 Å². The van der Waals surface area contributed by atoms with Crippen LogP contribution in [-0.2, 0) is 10.0 Å². The number of hydrogen-bond donors (Lipinski definition) is 1. The highest BCUT2D eigenvalue weighted by atomic mass is 32.2. The monoisotopic (exact) mass is 409 g/mol. The van der Waals surface area contributed by atoms with E-state index in [9.17, 15) is 13.2 Å². The van der Waals surface area contributed by atoms with Gasteiger partial charge in [0.2, 0.25) is 10.0 Å². The number of hydrogen-bond acceptors (Lipinski definition) is 5. The minimum Gasteiger partial charge on any atom is -0.293 e. The van der Waals surface area contributed by atoms with Gasteiger partial charge in [-0.15, -0.1) is 0 Å². The molecule has 8 nitrogen and oxygen atoms in total. The standard InChI is InChI=1S/C20H19N5O3S/c1-13-19(15-5-3-14(9-21)4-6-15)20(26)25(23-13)18-8-7-16(10-22-18)17-11-24(12-17)29(2,27)28/h3-8,10,17,23H,11-12H2,1-2H3. The molecule has 3 aromatic rings. The topological polar surface area (TPSA) is 112 Å². The van der Waals surface area contributed by atoms with E-state index in [1.165, 1.54) is 15.2 Å². The molecule has 1 aliphatic heterocycles. The predicted molar refractivity (Wildman–Crippen MR) is 108 cm³/mol. The van der Waals surface area contributed by atoms with Gasteiger partial charge in [-0.1, -0.05) is 18.2 Å². The van der Waals surface area contributed by atoms with Crippen molar-refractivity contribution in [2.45, 2.75) is 12.8 Å². The molecule has 1 saturated heterocycles. The molecule has 0 atom stereocenters. The van der Waals surface area contributed by atoms with E-state index in [0.717, 1.165) is 11.1 Å². The van der Waals surface area contributed by atoms with Crippen molar-refractivity contribution in [1.82, 2.24) is 19.1 Å². The Labute approximate surface area is 168 Å². The molecule has 1 aromatic carbocycles. The van der Waals surface area contributed by atoms with Gasteiger partial charge in [0.1, 0.15) is 0 Å². The van der Waals surface area contributed by atoms with Crippen LogP contribution in [0.2, 0.25) is 0 Å². The Balaban J connectivity index is 1.60. The van der Waals surface area contributed by atoms with E-state index in [0.29, 0.717) is 35.7 Å². The van der Waals surface area contributed by atoms with Crippen LogP contribution in [0.3, 0.4) is 0 Å². The fourth-order valence-corrected chi connectivity index (χ4v) is 4.35. The van der Waals surface area contributed by atoms with Crippen LogP contribution in [0.15, 0.2) is 47.4 Å². The summed E-state index contributed by atoms with van der Waals surface area (Å²) in [6.07, 6.45) is 2.89. The van der Waals surface area contributed by atoms with Gasteiger partial charge in [-0.3, -0.25) is 9.89 Å². The molecule has 0 saturated carbocycles. The van der Waals surface area contributed by atoms with Crippen LogP contribution in [0.5, 0.6) is 0 Å². The van der Waals surface area contributed by atoms with E-state index < -0.39 is 10.0 Å². The first-order chi connectivity index (χ1) is 13.8. The van der Waals surface area contributed by atoms with Crippen molar-refractivity contribution >= 4 is 10.0 Å². The van der Waals surface area contributed by atoms with E-state index in [4.69, 9.17) is 5.26 Å². The lowest BCUT2D eigenvalue weighted by molar-refractivity contribution is 0.265. The second-order valence-electron chi connectivity index (χ2n) is 7.17. The largest absolute Gasteiger partial charge is 0.293 e. The molecule has 9 heteroatoms. The number of pyridine rings is 1. The number of benzene rings is 1. The van der Waals surface area contributed by atoms with Crippen molar-refractivity contribution < 1.29 is 8.42 Å². The fraction of sp³-hybridized carbons (Fsp3) is 0.250. The summed E-state index contributed by atoms with van der Waals surface area (Å²) in [7, 11) is -3.15. The van der Waals surface area contributed by atoms with Gasteiger partial charge in [0.05, 0.1) is 23.5 Å². The lowest BCUT2D eigenvalue weighted by Gasteiger charge is -2.37. The third-order valence-electron chi connectivity index (χ3n) is 5.16. The minimum absolute atomic E-state index is 0.114. The number of nitrogens with zero attached hydrogens (tertiary/aromatic N) is 4. The number of H-pyrrole nitrogens is 1. The summed E-state index contributed by atoms with van der Waals surface area (Å²) in [5, 5.41) is 12.0. The Morgan fingerprint density at radius 1 is 1.17 bits per heavy atom. The third kappa shape index (κ3) is 3.48. The molecule has 0 amide bonds. The Hall–Kier alpha value is -3.22. The molecule has 4 rings (SSSR count). The molecular weight excluding hydrogens is 390 g/mol. The molecule has 0 spiro atoms. The minimum atomic E-state index is -3.15. The van der Waals surface area contributed by atoms with Gasteiger partial charge in [0, 0.05) is 30.9 Å². The first-order valence-corrected chi connectivity index (χ1v) is 10.9. The van der Waals surface area contributed by atoms with Gasteiger partial charge in [-0.05, 0) is 36.2 Å². The second kappa shape index (κ2) is 6.99. The number of nitrogens with one attached hydrogen (secondary N) is 1. The Kier molecular flexibility index (Phi) is 4.61. The first kappa shape index (κ1) is 19.1. The van der Waals surface area contributed by atoms with Gasteiger partial charge < -0.3 is 0 Å². The number of sulfonamides is 1. The van der Waals surface area contributed by atoms with Crippen molar-refractivity contribution in [3.8, 4) is 23.0 Å². The highest BCUT2D eigenvalue weighted by molar-refractivity contribution is 7.88. The summed E-state index contributed by atoms with van der Waals surface area (Å²) < 4.78 is 25.8. The number of aromatic amines is 1. The summed E-state index contributed by atoms with van der Waals surface area (Å²) in [5.74, 6) is 0.573. The molecule has 3 heterocycles. The summed E-state index contributed by atoms with van der Waals surface area (Å²) >= 11 is 0. The smallest absolute Gasteiger partial charge is 0.280 e. The molecule has 29 heavy (non-hydrogen) atoms. The number of nitriles is 1. The van der Waals surface area contributed by atoms with Gasteiger partial charge in [-0.25, -0.2) is 22.4 Å². The van der Waals surface area contributed by atoms with Crippen LogP contribution in [-0.4, -0.2) is 46.8 Å². The number of rotatable bonds is 4. The highest BCUT2D eigenvalue weighted by Crippen LogP contribution is 2.28. The van der Waals surface area contributed by atoms with Crippen LogP contribution < -0.4 is 5.56 Å². The molecule has 2 aromatic heterocycles. The second-order valence-corrected chi connectivity index (χ2v) is 9.15. The molecule has 1 aliphatic rings. The van der Waals surface area contributed by atoms with Gasteiger partial charge in [-0.2, -0.15) is 5.26 Å². The van der Waals surface area contributed by atoms with Crippen LogP contribution in [0.1, 0.15) is 22.7 Å². The molecule has 0 unspecified atom stereocenters. The quantitative estimate of drug-likeness (QED) is 0.706. The van der Waals surface area contributed by atoms with Crippen molar-refractivity contribution in [2.24, 2.45) is 0 Å². The zero-order valence-corrected chi connectivity index (χ0v) is 16.8. The fourth-order valence-electron chi connectivity index (χ4n) is 3.45. The Morgan fingerprint density at radius 3 is 2.41 bits per heavy atom. The normalized spacial score (nSPS) is 15.1. The lowest BCUT2D eigenvalue weighted by Crippen LogP contribution is -2.47. The average Bonchev–Trinajstić information content (AvgIpc) is 2.94. The molecule has 0 bridgehead atoms.